The first-order valence-electron chi connectivity index (χ1n) is 7.57. The monoisotopic (exact) mass is 282 g/mol. The zero-order valence-corrected chi connectivity index (χ0v) is 12.7. The third-order valence-corrected chi connectivity index (χ3v) is 4.35. The van der Waals surface area contributed by atoms with Crippen LogP contribution in [-0.2, 0) is 9.59 Å². The zero-order valence-electron chi connectivity index (χ0n) is 12.7. The number of hydrogen-bond acceptors (Lipinski definition) is 3. The quantitative estimate of drug-likeness (QED) is 0.825. The van der Waals surface area contributed by atoms with Crippen molar-refractivity contribution in [1.29, 1.82) is 0 Å². The van der Waals surface area contributed by atoms with Gasteiger partial charge in [0.15, 0.2) is 0 Å². The predicted octanol–water partition coefficient (Wildman–Crippen LogP) is 1.62. The maximum atomic E-state index is 12.1. The Morgan fingerprint density at radius 3 is 2.50 bits per heavy atom. The number of aliphatic carboxylic acids is 1. The molecule has 5 nitrogen and oxygen atoms in total. The Balaban J connectivity index is 2.05. The Morgan fingerprint density at radius 1 is 1.25 bits per heavy atom. The second-order valence-electron chi connectivity index (χ2n) is 7.17. The molecular formula is C15H26N2O3. The first-order valence-corrected chi connectivity index (χ1v) is 7.57. The van der Waals surface area contributed by atoms with E-state index in [0.717, 1.165) is 19.3 Å². The van der Waals surface area contributed by atoms with E-state index < -0.39 is 12.0 Å². The Bertz CT molecular complexity index is 389. The van der Waals surface area contributed by atoms with Crippen LogP contribution in [0, 0.1) is 5.92 Å². The van der Waals surface area contributed by atoms with Crippen LogP contribution in [0.3, 0.4) is 0 Å². The highest BCUT2D eigenvalue weighted by molar-refractivity contribution is 5.80. The summed E-state index contributed by atoms with van der Waals surface area (Å²) in [4.78, 5) is 25.5. The number of likely N-dealkylation sites (tertiary alicyclic amines) is 1. The molecule has 1 heterocycles. The lowest BCUT2D eigenvalue weighted by Gasteiger charge is -2.33. The van der Waals surface area contributed by atoms with Crippen LogP contribution in [0.1, 0.15) is 52.9 Å². The first-order chi connectivity index (χ1) is 9.28. The Hall–Kier alpha value is -1.10. The minimum Gasteiger partial charge on any atom is -0.480 e. The van der Waals surface area contributed by atoms with Gasteiger partial charge in [-0.2, -0.15) is 0 Å². The van der Waals surface area contributed by atoms with Gasteiger partial charge in [0, 0.05) is 11.6 Å². The molecule has 1 saturated heterocycles. The van der Waals surface area contributed by atoms with Crippen molar-refractivity contribution in [3.63, 3.8) is 0 Å². The maximum Gasteiger partial charge on any atom is 0.320 e. The highest BCUT2D eigenvalue weighted by atomic mass is 16.4. The summed E-state index contributed by atoms with van der Waals surface area (Å²) >= 11 is 0. The number of carboxylic acids is 1. The predicted molar refractivity (Wildman–Crippen MR) is 76.4 cm³/mol. The summed E-state index contributed by atoms with van der Waals surface area (Å²) in [5.74, 6) is -0.412. The van der Waals surface area contributed by atoms with Crippen molar-refractivity contribution in [3.8, 4) is 0 Å². The summed E-state index contributed by atoms with van der Waals surface area (Å²) in [6.07, 6.45) is 5.16. The van der Waals surface area contributed by atoms with Crippen LogP contribution in [0.25, 0.3) is 0 Å². The average Bonchev–Trinajstić information content (AvgIpc) is 2.66. The molecule has 1 amide bonds. The molecule has 0 radical (unpaired) electrons. The van der Waals surface area contributed by atoms with Crippen LogP contribution in [0.15, 0.2) is 0 Å². The summed E-state index contributed by atoms with van der Waals surface area (Å²) < 4.78 is 0. The van der Waals surface area contributed by atoms with E-state index in [-0.39, 0.29) is 24.0 Å². The van der Waals surface area contributed by atoms with Gasteiger partial charge in [-0.15, -0.1) is 0 Å². The molecule has 20 heavy (non-hydrogen) atoms. The van der Waals surface area contributed by atoms with Crippen molar-refractivity contribution in [2.45, 2.75) is 70.5 Å². The van der Waals surface area contributed by atoms with Crippen molar-refractivity contribution >= 4 is 11.9 Å². The van der Waals surface area contributed by atoms with Crippen molar-refractivity contribution in [1.82, 2.24) is 10.2 Å². The van der Waals surface area contributed by atoms with Gasteiger partial charge in [0.25, 0.3) is 0 Å². The number of amides is 1. The highest BCUT2D eigenvalue weighted by Crippen LogP contribution is 2.39. The van der Waals surface area contributed by atoms with Crippen molar-refractivity contribution in [2.24, 2.45) is 5.92 Å². The number of carbonyl (C=O) groups is 2. The Kier molecular flexibility index (Phi) is 4.37. The van der Waals surface area contributed by atoms with E-state index in [9.17, 15) is 14.7 Å². The minimum atomic E-state index is -0.789. The zero-order chi connectivity index (χ0) is 14.9. The van der Waals surface area contributed by atoms with Gasteiger partial charge in [-0.25, -0.2) is 0 Å². The lowest BCUT2D eigenvalue weighted by atomic mass is 9.85. The van der Waals surface area contributed by atoms with Crippen LogP contribution in [-0.4, -0.2) is 46.1 Å². The van der Waals surface area contributed by atoms with E-state index >= 15 is 0 Å². The van der Waals surface area contributed by atoms with Gasteiger partial charge in [0.2, 0.25) is 5.91 Å². The largest absolute Gasteiger partial charge is 0.480 e. The standard InChI is InChI=1S/C15H26N2O3/c1-15(2,3)16-13(18)9-17-11-7-5-4-6-10(11)8-12(17)14(19)20/h10-12H,4-9H2,1-3H3,(H,16,18)(H,19,20)/t10-,11-,12+/m1/s1. The average molecular weight is 282 g/mol. The molecule has 1 aliphatic carbocycles. The molecule has 0 aromatic heterocycles. The summed E-state index contributed by atoms with van der Waals surface area (Å²) in [7, 11) is 0. The third kappa shape index (κ3) is 3.51. The molecule has 2 rings (SSSR count). The lowest BCUT2D eigenvalue weighted by molar-refractivity contribution is -0.143. The van der Waals surface area contributed by atoms with Gasteiger partial charge in [-0.05, 0) is 46.0 Å². The van der Waals surface area contributed by atoms with E-state index in [4.69, 9.17) is 0 Å². The Morgan fingerprint density at radius 2 is 1.90 bits per heavy atom. The van der Waals surface area contributed by atoms with E-state index in [2.05, 4.69) is 5.32 Å². The molecule has 3 atom stereocenters. The number of nitrogens with zero attached hydrogens (tertiary/aromatic N) is 1. The molecule has 0 bridgehead atoms. The van der Waals surface area contributed by atoms with Crippen molar-refractivity contribution in [2.75, 3.05) is 6.54 Å². The van der Waals surface area contributed by atoms with Crippen molar-refractivity contribution < 1.29 is 14.7 Å². The fourth-order valence-electron chi connectivity index (χ4n) is 3.65. The third-order valence-electron chi connectivity index (χ3n) is 4.35. The first kappa shape index (κ1) is 15.3. The van der Waals surface area contributed by atoms with E-state index in [1.807, 2.05) is 25.7 Å². The van der Waals surface area contributed by atoms with E-state index in [0.29, 0.717) is 12.3 Å². The summed E-state index contributed by atoms with van der Waals surface area (Å²) in [5, 5.41) is 12.3. The van der Waals surface area contributed by atoms with Crippen LogP contribution in [0.4, 0.5) is 0 Å². The van der Waals surface area contributed by atoms with Crippen LogP contribution in [0.2, 0.25) is 0 Å². The number of carboxylic acid groups (broad SMARTS) is 1. The SMILES string of the molecule is CC(C)(C)NC(=O)CN1[C@@H]2CCCC[C@@H]2C[C@H]1C(=O)O. The van der Waals surface area contributed by atoms with Gasteiger partial charge >= 0.3 is 5.97 Å². The molecule has 1 saturated carbocycles. The van der Waals surface area contributed by atoms with Gasteiger partial charge in [-0.3, -0.25) is 14.5 Å². The van der Waals surface area contributed by atoms with Crippen LogP contribution in [0.5, 0.6) is 0 Å². The molecule has 1 aliphatic heterocycles. The summed E-state index contributed by atoms with van der Waals surface area (Å²) in [6, 6.07) is -0.218. The van der Waals surface area contributed by atoms with Gasteiger partial charge in [0.05, 0.1) is 6.54 Å². The molecule has 2 N–H and O–H groups in total. The topological polar surface area (TPSA) is 69.6 Å². The van der Waals surface area contributed by atoms with E-state index in [1.165, 1.54) is 6.42 Å². The van der Waals surface area contributed by atoms with Gasteiger partial charge in [-0.1, -0.05) is 12.8 Å². The lowest BCUT2D eigenvalue weighted by Crippen LogP contribution is -2.51. The van der Waals surface area contributed by atoms with E-state index in [1.54, 1.807) is 0 Å². The minimum absolute atomic E-state index is 0.0741. The normalized spacial score (nSPS) is 30.9. The second-order valence-corrected chi connectivity index (χ2v) is 7.17. The van der Waals surface area contributed by atoms with Crippen LogP contribution < -0.4 is 5.32 Å². The number of carbonyl (C=O) groups excluding carboxylic acids is 1. The molecule has 114 valence electrons. The molecule has 0 unspecified atom stereocenters. The van der Waals surface area contributed by atoms with Crippen LogP contribution >= 0.6 is 0 Å². The fraction of sp³-hybridized carbons (Fsp3) is 0.867. The molecular weight excluding hydrogens is 256 g/mol. The molecule has 2 aliphatic rings. The number of hydrogen-bond donors (Lipinski definition) is 2. The van der Waals surface area contributed by atoms with Gasteiger partial charge in [0.1, 0.15) is 6.04 Å². The highest BCUT2D eigenvalue weighted by Gasteiger charge is 2.45. The molecule has 0 aromatic carbocycles. The number of fused-ring (bicyclic) bond motifs is 1. The second kappa shape index (κ2) is 5.72. The molecule has 0 spiro atoms. The Labute approximate surface area is 120 Å². The number of nitrogens with one attached hydrogen (secondary N) is 1. The summed E-state index contributed by atoms with van der Waals surface area (Å²) in [5.41, 5.74) is -0.276. The van der Waals surface area contributed by atoms with Crippen molar-refractivity contribution in [3.05, 3.63) is 0 Å². The molecule has 2 fully saturated rings. The maximum absolute atomic E-state index is 12.1. The van der Waals surface area contributed by atoms with Gasteiger partial charge < -0.3 is 10.4 Å². The summed E-state index contributed by atoms with van der Waals surface area (Å²) in [6.45, 7) is 6.02. The smallest absolute Gasteiger partial charge is 0.320 e. The number of rotatable bonds is 3. The molecule has 5 heteroatoms. The molecule has 0 aromatic rings. The fourth-order valence-corrected chi connectivity index (χ4v) is 3.65.